The molecule has 0 heterocycles. The van der Waals surface area contributed by atoms with E-state index in [0.29, 0.717) is 6.42 Å². The van der Waals surface area contributed by atoms with E-state index in [1.807, 2.05) is 12.2 Å². The zero-order chi connectivity index (χ0) is 10.8. The lowest BCUT2D eigenvalue weighted by Crippen LogP contribution is -2.34. The first-order chi connectivity index (χ1) is 6.49. The summed E-state index contributed by atoms with van der Waals surface area (Å²) in [7, 11) is 0. The predicted octanol–water partition coefficient (Wildman–Crippen LogP) is 2.20. The largest absolute Gasteiger partial charge is 0.481 e. The molecule has 1 aliphatic rings. The maximum absolute atomic E-state index is 11.0. The Kier molecular flexibility index (Phi) is 2.95. The van der Waals surface area contributed by atoms with E-state index in [0.717, 1.165) is 6.42 Å². The molecule has 0 saturated carbocycles. The van der Waals surface area contributed by atoms with Crippen molar-refractivity contribution in [2.45, 2.75) is 26.7 Å². The monoisotopic (exact) mass is 193 g/mol. The number of carboxylic acids is 1. The van der Waals surface area contributed by atoms with Crippen LogP contribution in [0.3, 0.4) is 0 Å². The summed E-state index contributed by atoms with van der Waals surface area (Å²) in [6.07, 6.45) is 5.30. The second kappa shape index (κ2) is 3.83. The third kappa shape index (κ3) is 1.95. The number of nitriles is 1. The van der Waals surface area contributed by atoms with Crippen LogP contribution in [0.25, 0.3) is 0 Å². The number of nitrogens with zero attached hydrogens (tertiary/aromatic N) is 1. The van der Waals surface area contributed by atoms with E-state index in [1.54, 1.807) is 13.8 Å². The van der Waals surface area contributed by atoms with Crippen molar-refractivity contribution in [1.82, 2.24) is 0 Å². The fraction of sp³-hybridized carbons (Fsp3) is 0.636. The lowest BCUT2D eigenvalue weighted by molar-refractivity contribution is -0.144. The van der Waals surface area contributed by atoms with E-state index < -0.39 is 17.3 Å². The molecule has 0 spiro atoms. The minimum Gasteiger partial charge on any atom is -0.481 e. The summed E-state index contributed by atoms with van der Waals surface area (Å²) in [5, 5.41) is 18.0. The maximum atomic E-state index is 11.0. The van der Waals surface area contributed by atoms with Gasteiger partial charge in [-0.25, -0.2) is 0 Å². The summed E-state index contributed by atoms with van der Waals surface area (Å²) in [6.45, 7) is 3.59. The molecule has 0 saturated heterocycles. The number of allylic oxidation sites excluding steroid dienone is 2. The Labute approximate surface area is 84.0 Å². The van der Waals surface area contributed by atoms with Crippen LogP contribution in [0, 0.1) is 28.6 Å². The number of hydrogen-bond donors (Lipinski definition) is 1. The number of carbonyl (C=O) groups is 1. The SMILES string of the molecule is CC(C)(C#N)C1C=CCCC1C(=O)O. The van der Waals surface area contributed by atoms with Crippen LogP contribution in [0.2, 0.25) is 0 Å². The van der Waals surface area contributed by atoms with Crippen LogP contribution in [0.4, 0.5) is 0 Å². The Morgan fingerprint density at radius 2 is 2.29 bits per heavy atom. The molecule has 2 unspecified atom stereocenters. The minimum atomic E-state index is -0.789. The van der Waals surface area contributed by atoms with E-state index in [2.05, 4.69) is 6.07 Å². The highest BCUT2D eigenvalue weighted by Crippen LogP contribution is 2.38. The molecule has 3 nitrogen and oxygen atoms in total. The quantitative estimate of drug-likeness (QED) is 0.684. The molecule has 2 atom stereocenters. The van der Waals surface area contributed by atoms with Crippen molar-refractivity contribution in [2.75, 3.05) is 0 Å². The van der Waals surface area contributed by atoms with Gasteiger partial charge in [-0.05, 0) is 26.7 Å². The Bertz CT molecular complexity index is 299. The molecule has 0 fully saturated rings. The fourth-order valence-electron chi connectivity index (χ4n) is 1.93. The number of hydrogen-bond acceptors (Lipinski definition) is 2. The van der Waals surface area contributed by atoms with Crippen LogP contribution >= 0.6 is 0 Å². The predicted molar refractivity (Wildman–Crippen MR) is 52.4 cm³/mol. The normalized spacial score (nSPS) is 26.9. The van der Waals surface area contributed by atoms with Crippen molar-refractivity contribution in [1.29, 1.82) is 5.26 Å². The molecule has 0 aromatic heterocycles. The van der Waals surface area contributed by atoms with Crippen LogP contribution in [0.5, 0.6) is 0 Å². The van der Waals surface area contributed by atoms with Gasteiger partial charge in [0.05, 0.1) is 17.4 Å². The highest BCUT2D eigenvalue weighted by molar-refractivity contribution is 5.71. The average molecular weight is 193 g/mol. The van der Waals surface area contributed by atoms with Gasteiger partial charge < -0.3 is 5.11 Å². The lowest BCUT2D eigenvalue weighted by Gasteiger charge is -2.32. The Balaban J connectivity index is 2.94. The van der Waals surface area contributed by atoms with Gasteiger partial charge in [-0.3, -0.25) is 4.79 Å². The van der Waals surface area contributed by atoms with Crippen LogP contribution in [-0.2, 0) is 4.79 Å². The van der Waals surface area contributed by atoms with Crippen molar-refractivity contribution >= 4 is 5.97 Å². The van der Waals surface area contributed by atoms with E-state index in [-0.39, 0.29) is 5.92 Å². The lowest BCUT2D eigenvalue weighted by atomic mass is 9.69. The number of rotatable bonds is 2. The Hall–Kier alpha value is -1.30. The summed E-state index contributed by atoms with van der Waals surface area (Å²) in [5.41, 5.74) is -0.597. The van der Waals surface area contributed by atoms with Crippen molar-refractivity contribution in [3.63, 3.8) is 0 Å². The summed E-state index contributed by atoms with van der Waals surface area (Å²) in [5.74, 6) is -1.36. The minimum absolute atomic E-state index is 0.168. The van der Waals surface area contributed by atoms with E-state index >= 15 is 0 Å². The molecule has 76 valence electrons. The van der Waals surface area contributed by atoms with Gasteiger partial charge in [0, 0.05) is 5.92 Å². The molecule has 1 N–H and O–H groups in total. The molecule has 0 bridgehead atoms. The molecule has 3 heteroatoms. The van der Waals surface area contributed by atoms with Crippen molar-refractivity contribution in [3.05, 3.63) is 12.2 Å². The Morgan fingerprint density at radius 1 is 1.64 bits per heavy atom. The highest BCUT2D eigenvalue weighted by atomic mass is 16.4. The average Bonchev–Trinajstić information content (AvgIpc) is 2.18. The second-order valence-electron chi connectivity index (χ2n) is 4.31. The number of aliphatic carboxylic acids is 1. The molecular formula is C11H15NO2. The molecule has 0 aliphatic heterocycles. The third-order valence-corrected chi connectivity index (χ3v) is 2.86. The molecule has 14 heavy (non-hydrogen) atoms. The van der Waals surface area contributed by atoms with E-state index in [9.17, 15) is 4.79 Å². The van der Waals surface area contributed by atoms with Gasteiger partial charge in [-0.1, -0.05) is 12.2 Å². The fourth-order valence-corrected chi connectivity index (χ4v) is 1.93. The standard InChI is InChI=1S/C11H15NO2/c1-11(2,7-12)9-6-4-3-5-8(9)10(13)14/h4,6,8-9H,3,5H2,1-2H3,(H,13,14). The summed E-state index contributed by atoms with van der Waals surface area (Å²) in [6, 6.07) is 2.18. The van der Waals surface area contributed by atoms with Gasteiger partial charge in [-0.2, -0.15) is 5.26 Å². The smallest absolute Gasteiger partial charge is 0.307 e. The van der Waals surface area contributed by atoms with Crippen LogP contribution in [0.1, 0.15) is 26.7 Å². The molecule has 1 aliphatic carbocycles. The first kappa shape index (κ1) is 10.8. The maximum Gasteiger partial charge on any atom is 0.307 e. The van der Waals surface area contributed by atoms with Gasteiger partial charge in [0.1, 0.15) is 0 Å². The molecule has 0 aromatic rings. The third-order valence-electron chi connectivity index (χ3n) is 2.86. The van der Waals surface area contributed by atoms with Gasteiger partial charge in [0.2, 0.25) is 0 Å². The second-order valence-corrected chi connectivity index (χ2v) is 4.31. The first-order valence-corrected chi connectivity index (χ1v) is 4.80. The van der Waals surface area contributed by atoms with Gasteiger partial charge >= 0.3 is 5.97 Å². The summed E-state index contributed by atoms with van der Waals surface area (Å²) < 4.78 is 0. The van der Waals surface area contributed by atoms with Crippen molar-refractivity contribution in [3.8, 4) is 6.07 Å². The first-order valence-electron chi connectivity index (χ1n) is 4.80. The molecule has 0 amide bonds. The van der Waals surface area contributed by atoms with Crippen LogP contribution in [-0.4, -0.2) is 11.1 Å². The zero-order valence-electron chi connectivity index (χ0n) is 8.53. The van der Waals surface area contributed by atoms with E-state index in [1.165, 1.54) is 0 Å². The summed E-state index contributed by atoms with van der Waals surface area (Å²) >= 11 is 0. The molecule has 1 rings (SSSR count). The van der Waals surface area contributed by atoms with Crippen molar-refractivity contribution < 1.29 is 9.90 Å². The topological polar surface area (TPSA) is 61.1 Å². The van der Waals surface area contributed by atoms with Crippen LogP contribution < -0.4 is 0 Å². The van der Waals surface area contributed by atoms with Crippen molar-refractivity contribution in [2.24, 2.45) is 17.3 Å². The van der Waals surface area contributed by atoms with Crippen LogP contribution in [0.15, 0.2) is 12.2 Å². The van der Waals surface area contributed by atoms with Gasteiger partial charge in [0.25, 0.3) is 0 Å². The highest BCUT2D eigenvalue weighted by Gasteiger charge is 2.38. The Morgan fingerprint density at radius 3 is 2.79 bits per heavy atom. The van der Waals surface area contributed by atoms with Gasteiger partial charge in [0.15, 0.2) is 0 Å². The summed E-state index contributed by atoms with van der Waals surface area (Å²) in [4.78, 5) is 11.0. The zero-order valence-corrected chi connectivity index (χ0v) is 8.53. The van der Waals surface area contributed by atoms with E-state index in [4.69, 9.17) is 10.4 Å². The van der Waals surface area contributed by atoms with Gasteiger partial charge in [-0.15, -0.1) is 0 Å². The molecular weight excluding hydrogens is 178 g/mol. The molecule has 0 aromatic carbocycles. The number of carboxylic acid groups (broad SMARTS) is 1. The molecule has 0 radical (unpaired) electrons.